The molecule has 0 spiro atoms. The third-order valence-electron chi connectivity index (χ3n) is 2.74. The molecular weight excluding hydrogens is 212 g/mol. The van der Waals surface area contributed by atoms with Gasteiger partial charge in [-0.15, -0.1) is 0 Å². The van der Waals surface area contributed by atoms with Gasteiger partial charge in [-0.2, -0.15) is 5.10 Å². The molecule has 1 aromatic heterocycles. The molecule has 0 atom stereocenters. The van der Waals surface area contributed by atoms with Crippen LogP contribution >= 0.6 is 0 Å². The Balaban J connectivity index is 2.18. The van der Waals surface area contributed by atoms with Crippen molar-refractivity contribution in [2.45, 2.75) is 0 Å². The highest BCUT2D eigenvalue weighted by molar-refractivity contribution is 5.64. The Kier molecular flexibility index (Phi) is 3.44. The molecule has 0 radical (unpaired) electrons. The maximum atomic E-state index is 4.18. The van der Waals surface area contributed by atoms with Gasteiger partial charge in [-0.25, -0.2) is 0 Å². The molecule has 0 unspecified atom stereocenters. The van der Waals surface area contributed by atoms with E-state index in [-0.39, 0.29) is 0 Å². The Morgan fingerprint density at radius 1 is 1.24 bits per heavy atom. The normalized spacial score (nSPS) is 10.5. The number of hydrogen-bond donors (Lipinski definition) is 1. The summed E-state index contributed by atoms with van der Waals surface area (Å²) in [6.07, 6.45) is 3.90. The largest absolute Gasteiger partial charge is 0.362 e. The Labute approximate surface area is 102 Å². The fourth-order valence-electron chi connectivity index (χ4n) is 1.81. The van der Waals surface area contributed by atoms with Crippen molar-refractivity contribution in [3.63, 3.8) is 0 Å². The van der Waals surface area contributed by atoms with Crippen LogP contribution in [0.25, 0.3) is 11.1 Å². The zero-order chi connectivity index (χ0) is 12.3. The molecule has 1 N–H and O–H groups in total. The molecule has 1 aromatic carbocycles. The monoisotopic (exact) mass is 230 g/mol. The lowest BCUT2D eigenvalue weighted by molar-refractivity contribution is 0.768. The molecule has 90 valence electrons. The fraction of sp³-hybridized carbons (Fsp3) is 0.308. The van der Waals surface area contributed by atoms with Crippen molar-refractivity contribution >= 4 is 5.69 Å². The predicted molar refractivity (Wildman–Crippen MR) is 71.0 cm³/mol. The van der Waals surface area contributed by atoms with Gasteiger partial charge in [-0.05, 0) is 24.7 Å². The molecule has 0 aliphatic carbocycles. The molecule has 0 saturated carbocycles. The predicted octanol–water partition coefficient (Wildman–Crippen LogP) is 1.70. The van der Waals surface area contributed by atoms with E-state index in [0.29, 0.717) is 0 Å². The number of rotatable bonds is 4. The molecule has 0 saturated heterocycles. The van der Waals surface area contributed by atoms with Gasteiger partial charge in [0, 0.05) is 31.5 Å². The highest BCUT2D eigenvalue weighted by Gasteiger charge is 2.02. The van der Waals surface area contributed by atoms with Gasteiger partial charge in [0.1, 0.15) is 0 Å². The van der Waals surface area contributed by atoms with E-state index in [9.17, 15) is 0 Å². The van der Waals surface area contributed by atoms with Crippen molar-refractivity contribution in [2.75, 3.05) is 25.7 Å². The average Bonchev–Trinajstić information content (AvgIpc) is 2.76. The third-order valence-corrected chi connectivity index (χ3v) is 2.74. The fourth-order valence-corrected chi connectivity index (χ4v) is 1.81. The summed E-state index contributed by atoms with van der Waals surface area (Å²) in [5, 5.41) is 7.30. The van der Waals surface area contributed by atoms with E-state index in [4.69, 9.17) is 0 Å². The van der Waals surface area contributed by atoms with Crippen molar-refractivity contribution in [2.24, 2.45) is 7.05 Å². The van der Waals surface area contributed by atoms with Crippen LogP contribution in [0.4, 0.5) is 5.69 Å². The number of nitrogens with zero attached hydrogens (tertiary/aromatic N) is 3. The van der Waals surface area contributed by atoms with Crippen molar-refractivity contribution in [1.29, 1.82) is 0 Å². The van der Waals surface area contributed by atoms with Crippen molar-refractivity contribution in [1.82, 2.24) is 15.1 Å². The van der Waals surface area contributed by atoms with Crippen LogP contribution in [0.3, 0.4) is 0 Å². The topological polar surface area (TPSA) is 33.1 Å². The van der Waals surface area contributed by atoms with Crippen LogP contribution in [0.1, 0.15) is 0 Å². The molecule has 0 fully saturated rings. The summed E-state index contributed by atoms with van der Waals surface area (Å²) in [6, 6.07) is 8.50. The first-order valence-electron chi connectivity index (χ1n) is 5.65. The summed E-state index contributed by atoms with van der Waals surface area (Å²) in [5.41, 5.74) is 3.54. The van der Waals surface area contributed by atoms with Gasteiger partial charge in [0.05, 0.1) is 12.9 Å². The summed E-state index contributed by atoms with van der Waals surface area (Å²) in [7, 11) is 5.94. The molecule has 0 amide bonds. The summed E-state index contributed by atoms with van der Waals surface area (Å²) < 4.78 is 1.82. The first kappa shape index (κ1) is 11.7. The third kappa shape index (κ3) is 2.65. The first-order valence-corrected chi connectivity index (χ1v) is 5.65. The van der Waals surface area contributed by atoms with Gasteiger partial charge >= 0.3 is 0 Å². The van der Waals surface area contributed by atoms with Crippen molar-refractivity contribution < 1.29 is 0 Å². The summed E-state index contributed by atoms with van der Waals surface area (Å²) in [5.74, 6) is 0. The van der Waals surface area contributed by atoms with Crippen LogP contribution in [-0.2, 0) is 7.05 Å². The zero-order valence-corrected chi connectivity index (χ0v) is 10.5. The molecule has 4 nitrogen and oxygen atoms in total. The maximum Gasteiger partial charge on any atom is 0.0676 e. The molecular formula is C13H18N4. The minimum atomic E-state index is 0.840. The second-order valence-electron chi connectivity index (χ2n) is 4.16. The van der Waals surface area contributed by atoms with Crippen LogP contribution in [0.2, 0.25) is 0 Å². The van der Waals surface area contributed by atoms with Crippen LogP contribution < -0.4 is 10.2 Å². The summed E-state index contributed by atoms with van der Waals surface area (Å²) >= 11 is 0. The summed E-state index contributed by atoms with van der Waals surface area (Å²) in [4.78, 5) is 2.16. The second-order valence-corrected chi connectivity index (χ2v) is 4.16. The zero-order valence-electron chi connectivity index (χ0n) is 10.5. The molecule has 1 heterocycles. The molecule has 2 aromatic rings. The second kappa shape index (κ2) is 5.01. The Bertz CT molecular complexity index is 472. The van der Waals surface area contributed by atoms with E-state index < -0.39 is 0 Å². The Morgan fingerprint density at radius 2 is 1.94 bits per heavy atom. The van der Waals surface area contributed by atoms with Crippen molar-refractivity contribution in [3.05, 3.63) is 36.7 Å². The van der Waals surface area contributed by atoms with Gasteiger partial charge in [-0.3, -0.25) is 4.68 Å². The standard InChI is InChI=1S/C13H18N4/c1-14-10-16(2)13-6-4-11(5-7-13)12-8-15-17(3)9-12/h4-9,14H,10H2,1-3H3. The lowest BCUT2D eigenvalue weighted by Crippen LogP contribution is -2.28. The van der Waals surface area contributed by atoms with Crippen molar-refractivity contribution in [3.8, 4) is 11.1 Å². The van der Waals surface area contributed by atoms with E-state index in [2.05, 4.69) is 46.6 Å². The van der Waals surface area contributed by atoms with E-state index in [1.54, 1.807) is 0 Å². The molecule has 0 bridgehead atoms. The van der Waals surface area contributed by atoms with Gasteiger partial charge in [0.25, 0.3) is 0 Å². The first-order chi connectivity index (χ1) is 8.20. The molecule has 0 aliphatic rings. The number of benzene rings is 1. The summed E-state index contributed by atoms with van der Waals surface area (Å²) in [6.45, 7) is 0.840. The van der Waals surface area contributed by atoms with E-state index in [1.165, 1.54) is 11.3 Å². The number of anilines is 1. The van der Waals surface area contributed by atoms with Gasteiger partial charge in [0.2, 0.25) is 0 Å². The molecule has 4 heteroatoms. The smallest absolute Gasteiger partial charge is 0.0676 e. The van der Waals surface area contributed by atoms with Gasteiger partial charge in [0.15, 0.2) is 0 Å². The van der Waals surface area contributed by atoms with Crippen LogP contribution in [-0.4, -0.2) is 30.5 Å². The van der Waals surface area contributed by atoms with Crippen LogP contribution in [0.5, 0.6) is 0 Å². The number of nitrogens with one attached hydrogen (secondary N) is 1. The number of hydrogen-bond acceptors (Lipinski definition) is 3. The number of aromatic nitrogens is 2. The lowest BCUT2D eigenvalue weighted by atomic mass is 10.1. The quantitative estimate of drug-likeness (QED) is 0.812. The van der Waals surface area contributed by atoms with E-state index in [0.717, 1.165) is 12.2 Å². The van der Waals surface area contributed by atoms with Crippen LogP contribution in [0.15, 0.2) is 36.7 Å². The average molecular weight is 230 g/mol. The Morgan fingerprint density at radius 3 is 2.47 bits per heavy atom. The van der Waals surface area contributed by atoms with Crippen LogP contribution in [0, 0.1) is 0 Å². The molecule has 2 rings (SSSR count). The Hall–Kier alpha value is -1.81. The highest BCUT2D eigenvalue weighted by Crippen LogP contribution is 2.21. The SMILES string of the molecule is CNCN(C)c1ccc(-c2cnn(C)c2)cc1. The van der Waals surface area contributed by atoms with E-state index >= 15 is 0 Å². The molecule has 17 heavy (non-hydrogen) atoms. The maximum absolute atomic E-state index is 4.18. The number of aryl methyl sites for hydroxylation is 1. The van der Waals surface area contributed by atoms with E-state index in [1.807, 2.05) is 31.2 Å². The highest BCUT2D eigenvalue weighted by atomic mass is 15.2. The van der Waals surface area contributed by atoms with Gasteiger partial charge in [-0.1, -0.05) is 12.1 Å². The lowest BCUT2D eigenvalue weighted by Gasteiger charge is -2.18. The molecule has 0 aliphatic heterocycles. The minimum absolute atomic E-state index is 0.840. The van der Waals surface area contributed by atoms with Gasteiger partial charge < -0.3 is 10.2 Å². The minimum Gasteiger partial charge on any atom is -0.362 e.